The van der Waals surface area contributed by atoms with E-state index in [0.717, 1.165) is 22.3 Å². The average molecular weight is 600 g/mol. The molecule has 0 saturated heterocycles. The number of amides is 3. The quantitative estimate of drug-likeness (QED) is 0.147. The molecule has 0 heterocycles. The van der Waals surface area contributed by atoms with Crippen LogP contribution in [0.15, 0.2) is 139 Å². The first kappa shape index (κ1) is 30.0. The van der Waals surface area contributed by atoms with Gasteiger partial charge in [-0.15, -0.1) is 0 Å². The maximum Gasteiger partial charge on any atom is 0.272 e. The maximum absolute atomic E-state index is 13.3. The molecule has 6 nitrogen and oxygen atoms in total. The summed E-state index contributed by atoms with van der Waals surface area (Å²) >= 11 is 6.00. The van der Waals surface area contributed by atoms with Crippen molar-refractivity contribution in [2.75, 3.05) is 5.32 Å². The standard InChI is InChI=1S/C37H30ClN3O3/c38-32-19-13-26(14-20-32)23-34(41-36(43)31-9-5-2-6-10-31)37(44)40-33-21-15-27(16-22-33)24-35(42)39-25-28-11-17-30(18-12-28)29-7-3-1-4-8-29/h1-23H,24-25H2,(H,39,42)(H,40,44)(H,41,43)/b34-23-. The molecule has 0 radical (unpaired) electrons. The first-order valence-electron chi connectivity index (χ1n) is 14.1. The summed E-state index contributed by atoms with van der Waals surface area (Å²) in [5.74, 6) is -1.01. The van der Waals surface area contributed by atoms with Gasteiger partial charge in [-0.2, -0.15) is 0 Å². The summed E-state index contributed by atoms with van der Waals surface area (Å²) < 4.78 is 0. The molecule has 5 aromatic carbocycles. The minimum absolute atomic E-state index is 0.0708. The molecule has 0 saturated carbocycles. The summed E-state index contributed by atoms with van der Waals surface area (Å²) in [7, 11) is 0. The van der Waals surface area contributed by atoms with Gasteiger partial charge in [-0.3, -0.25) is 14.4 Å². The third kappa shape index (κ3) is 8.53. The molecule has 5 aromatic rings. The lowest BCUT2D eigenvalue weighted by Gasteiger charge is -2.12. The topological polar surface area (TPSA) is 87.3 Å². The number of rotatable bonds is 10. The van der Waals surface area contributed by atoms with Crippen LogP contribution in [0.25, 0.3) is 17.2 Å². The largest absolute Gasteiger partial charge is 0.352 e. The fourth-order valence-corrected chi connectivity index (χ4v) is 4.59. The van der Waals surface area contributed by atoms with Crippen molar-refractivity contribution in [3.63, 3.8) is 0 Å². The van der Waals surface area contributed by atoms with Crippen molar-refractivity contribution in [3.05, 3.63) is 166 Å². The van der Waals surface area contributed by atoms with Crippen molar-refractivity contribution in [1.82, 2.24) is 10.6 Å². The van der Waals surface area contributed by atoms with E-state index in [4.69, 9.17) is 11.6 Å². The van der Waals surface area contributed by atoms with Crippen LogP contribution in [-0.2, 0) is 22.6 Å². The lowest BCUT2D eigenvalue weighted by atomic mass is 10.0. The van der Waals surface area contributed by atoms with E-state index in [1.165, 1.54) is 0 Å². The SMILES string of the molecule is O=C(Cc1ccc(NC(=O)/C(=C/c2ccc(Cl)cc2)NC(=O)c2ccccc2)cc1)NCc1ccc(-c2ccccc2)cc1. The molecule has 0 fully saturated rings. The van der Waals surface area contributed by atoms with Crippen LogP contribution in [0.3, 0.4) is 0 Å². The fourth-order valence-electron chi connectivity index (χ4n) is 4.47. The minimum Gasteiger partial charge on any atom is -0.352 e. The minimum atomic E-state index is -0.493. The van der Waals surface area contributed by atoms with Crippen LogP contribution in [-0.4, -0.2) is 17.7 Å². The van der Waals surface area contributed by atoms with Crippen LogP contribution < -0.4 is 16.0 Å². The van der Waals surface area contributed by atoms with Crippen molar-refractivity contribution in [1.29, 1.82) is 0 Å². The Bertz CT molecular complexity index is 1750. The zero-order chi connectivity index (χ0) is 30.7. The zero-order valence-electron chi connectivity index (χ0n) is 23.8. The number of hydrogen-bond donors (Lipinski definition) is 3. The molecule has 0 bridgehead atoms. The van der Waals surface area contributed by atoms with Gasteiger partial charge in [0.15, 0.2) is 0 Å². The highest BCUT2D eigenvalue weighted by Crippen LogP contribution is 2.19. The van der Waals surface area contributed by atoms with Crippen LogP contribution >= 0.6 is 11.6 Å². The molecule has 0 aliphatic rings. The molecular weight excluding hydrogens is 570 g/mol. The third-order valence-corrected chi connectivity index (χ3v) is 7.09. The van der Waals surface area contributed by atoms with Crippen LogP contribution in [0.1, 0.15) is 27.0 Å². The number of benzene rings is 5. The van der Waals surface area contributed by atoms with Gasteiger partial charge >= 0.3 is 0 Å². The molecule has 0 spiro atoms. The van der Waals surface area contributed by atoms with Gasteiger partial charge in [0.25, 0.3) is 11.8 Å². The fraction of sp³-hybridized carbons (Fsp3) is 0.0541. The number of carbonyl (C=O) groups is 3. The Morgan fingerprint density at radius 3 is 1.89 bits per heavy atom. The molecule has 0 atom stereocenters. The Balaban J connectivity index is 1.18. The lowest BCUT2D eigenvalue weighted by Crippen LogP contribution is -2.30. The van der Waals surface area contributed by atoms with Crippen molar-refractivity contribution < 1.29 is 14.4 Å². The van der Waals surface area contributed by atoms with E-state index in [2.05, 4.69) is 28.1 Å². The van der Waals surface area contributed by atoms with Gasteiger partial charge in [0.2, 0.25) is 5.91 Å². The first-order chi connectivity index (χ1) is 21.4. The van der Waals surface area contributed by atoms with Crippen LogP contribution in [0, 0.1) is 0 Å². The Morgan fingerprint density at radius 1 is 0.636 bits per heavy atom. The van der Waals surface area contributed by atoms with Gasteiger partial charge in [-0.25, -0.2) is 0 Å². The Morgan fingerprint density at radius 2 is 1.23 bits per heavy atom. The Hall–Kier alpha value is -5.46. The van der Waals surface area contributed by atoms with E-state index in [9.17, 15) is 14.4 Å². The molecule has 5 rings (SSSR count). The number of nitrogens with one attached hydrogen (secondary N) is 3. The number of carbonyl (C=O) groups excluding carboxylic acids is 3. The van der Waals surface area contributed by atoms with Gasteiger partial charge in [0.05, 0.1) is 6.42 Å². The first-order valence-corrected chi connectivity index (χ1v) is 14.5. The van der Waals surface area contributed by atoms with Crippen molar-refractivity contribution in [3.8, 4) is 11.1 Å². The van der Waals surface area contributed by atoms with E-state index in [-0.39, 0.29) is 18.0 Å². The number of hydrogen-bond acceptors (Lipinski definition) is 3. The molecule has 0 unspecified atom stereocenters. The zero-order valence-corrected chi connectivity index (χ0v) is 24.6. The number of anilines is 1. The second-order valence-electron chi connectivity index (χ2n) is 10.1. The van der Waals surface area contributed by atoms with E-state index in [1.807, 2.05) is 48.5 Å². The predicted octanol–water partition coefficient (Wildman–Crippen LogP) is 7.28. The van der Waals surface area contributed by atoms with Crippen LogP contribution in [0.2, 0.25) is 5.02 Å². The molecule has 0 aliphatic carbocycles. The van der Waals surface area contributed by atoms with E-state index in [1.54, 1.807) is 78.9 Å². The van der Waals surface area contributed by atoms with Crippen LogP contribution in [0.5, 0.6) is 0 Å². The highest BCUT2D eigenvalue weighted by molar-refractivity contribution is 6.30. The molecular formula is C37H30ClN3O3. The van der Waals surface area contributed by atoms with Gasteiger partial charge < -0.3 is 16.0 Å². The highest BCUT2D eigenvalue weighted by atomic mass is 35.5. The monoisotopic (exact) mass is 599 g/mol. The summed E-state index contributed by atoms with van der Waals surface area (Å²) in [5, 5.41) is 9.07. The van der Waals surface area contributed by atoms with Crippen molar-refractivity contribution >= 4 is 41.1 Å². The third-order valence-electron chi connectivity index (χ3n) is 6.84. The highest BCUT2D eigenvalue weighted by Gasteiger charge is 2.15. The lowest BCUT2D eigenvalue weighted by molar-refractivity contribution is -0.120. The van der Waals surface area contributed by atoms with Gasteiger partial charge in [-0.05, 0) is 70.3 Å². The number of halogens is 1. The second kappa shape index (κ2) is 14.6. The normalized spacial score (nSPS) is 11.0. The van der Waals surface area contributed by atoms with E-state index >= 15 is 0 Å². The molecule has 0 aromatic heterocycles. The summed E-state index contributed by atoms with van der Waals surface area (Å²) in [6.45, 7) is 0.430. The molecule has 0 aliphatic heterocycles. The second-order valence-corrected chi connectivity index (χ2v) is 10.5. The molecule has 3 amide bonds. The van der Waals surface area contributed by atoms with Crippen molar-refractivity contribution in [2.45, 2.75) is 13.0 Å². The predicted molar refractivity (Wildman–Crippen MR) is 176 cm³/mol. The van der Waals surface area contributed by atoms with E-state index in [0.29, 0.717) is 28.4 Å². The van der Waals surface area contributed by atoms with E-state index < -0.39 is 11.8 Å². The molecule has 3 N–H and O–H groups in total. The molecule has 44 heavy (non-hydrogen) atoms. The van der Waals surface area contributed by atoms with Crippen LogP contribution in [0.4, 0.5) is 5.69 Å². The summed E-state index contributed by atoms with van der Waals surface area (Å²) in [6, 6.07) is 40.9. The molecule has 218 valence electrons. The average Bonchev–Trinajstić information content (AvgIpc) is 3.06. The maximum atomic E-state index is 13.3. The smallest absolute Gasteiger partial charge is 0.272 e. The summed E-state index contributed by atoms with van der Waals surface area (Å²) in [5.41, 5.74) is 5.80. The summed E-state index contributed by atoms with van der Waals surface area (Å²) in [4.78, 5) is 38.7. The van der Waals surface area contributed by atoms with Gasteiger partial charge in [0, 0.05) is 22.8 Å². The Labute approximate surface area is 261 Å². The Kier molecular flexibility index (Phi) is 9.98. The molecule has 7 heteroatoms. The summed E-state index contributed by atoms with van der Waals surface area (Å²) in [6.07, 6.45) is 1.78. The van der Waals surface area contributed by atoms with Crippen molar-refractivity contribution in [2.24, 2.45) is 0 Å². The van der Waals surface area contributed by atoms with Gasteiger partial charge in [0.1, 0.15) is 5.70 Å². The van der Waals surface area contributed by atoms with Gasteiger partial charge in [-0.1, -0.05) is 109 Å².